The summed E-state index contributed by atoms with van der Waals surface area (Å²) in [6.45, 7) is 3.50. The number of aliphatic hydroxyl groups excluding tert-OH is 1. The summed E-state index contributed by atoms with van der Waals surface area (Å²) < 4.78 is 4.83. The number of aromatic hydroxyl groups is 2. The molecule has 0 aromatic heterocycles. The van der Waals surface area contributed by atoms with Gasteiger partial charge >= 0.3 is 5.97 Å². The lowest BCUT2D eigenvalue weighted by atomic mass is 9.99. The van der Waals surface area contributed by atoms with Crippen molar-refractivity contribution in [3.63, 3.8) is 0 Å². The summed E-state index contributed by atoms with van der Waals surface area (Å²) in [4.78, 5) is 23.9. The number of phenols is 2. The van der Waals surface area contributed by atoms with Crippen LogP contribution in [0.3, 0.4) is 0 Å². The van der Waals surface area contributed by atoms with E-state index in [1.807, 2.05) is 0 Å². The Morgan fingerprint density at radius 2 is 1.96 bits per heavy atom. The third-order valence-electron chi connectivity index (χ3n) is 3.04. The largest absolute Gasteiger partial charge is 0.508 e. The van der Waals surface area contributed by atoms with E-state index < -0.39 is 23.6 Å². The third kappa shape index (κ3) is 6.26. The number of esters is 1. The normalized spacial score (nSPS) is 12.6. The predicted molar refractivity (Wildman–Crippen MR) is 89.0 cm³/mol. The minimum atomic E-state index is -0.558. The zero-order chi connectivity index (χ0) is 18.1. The zero-order valence-corrected chi connectivity index (χ0v) is 13.7. The molecule has 1 rings (SSSR count). The van der Waals surface area contributed by atoms with Crippen molar-refractivity contribution in [2.75, 3.05) is 6.61 Å². The summed E-state index contributed by atoms with van der Waals surface area (Å²) >= 11 is 0. The fourth-order valence-corrected chi connectivity index (χ4v) is 2.04. The van der Waals surface area contributed by atoms with E-state index in [0.717, 1.165) is 6.07 Å². The van der Waals surface area contributed by atoms with Crippen molar-refractivity contribution in [3.8, 4) is 11.5 Å². The van der Waals surface area contributed by atoms with Crippen LogP contribution in [0, 0.1) is 0 Å². The van der Waals surface area contributed by atoms with Crippen LogP contribution in [0.2, 0.25) is 0 Å². The molecule has 0 fully saturated rings. The lowest BCUT2D eigenvalue weighted by Crippen LogP contribution is -2.11. The lowest BCUT2D eigenvalue weighted by molar-refractivity contribution is -0.142. The molecule has 0 saturated carbocycles. The van der Waals surface area contributed by atoms with Crippen molar-refractivity contribution in [2.24, 2.45) is 0 Å². The summed E-state index contributed by atoms with van der Waals surface area (Å²) in [5.74, 6) is -1.72. The quantitative estimate of drug-likeness (QED) is 0.292. The van der Waals surface area contributed by atoms with E-state index in [1.165, 1.54) is 18.2 Å². The van der Waals surface area contributed by atoms with Gasteiger partial charge in [0.2, 0.25) is 0 Å². The number of ether oxygens (including phenoxy) is 1. The standard InChI is InChI=1S/C18H22O6/c1-3-24-17(23)10-13-9-14(20)11-16(22)18(13)15(21)8-6-4-5-7-12(2)19/h4-6,8-9,11-12,19-20,22H,3,7,10H2,1-2H3/b5-4+,8-6+/t12-/m1/s1. The topological polar surface area (TPSA) is 104 Å². The maximum Gasteiger partial charge on any atom is 0.310 e. The fourth-order valence-electron chi connectivity index (χ4n) is 2.04. The number of allylic oxidation sites excluding steroid dienone is 3. The van der Waals surface area contributed by atoms with Crippen molar-refractivity contribution in [2.45, 2.75) is 32.8 Å². The Bertz CT molecular complexity index is 643. The molecule has 0 radical (unpaired) electrons. The Hall–Kier alpha value is -2.60. The van der Waals surface area contributed by atoms with Gasteiger partial charge in [-0.1, -0.05) is 18.2 Å². The van der Waals surface area contributed by atoms with Crippen LogP contribution in [0.5, 0.6) is 11.5 Å². The second-order valence-electron chi connectivity index (χ2n) is 5.22. The molecule has 0 spiro atoms. The average Bonchev–Trinajstić information content (AvgIpc) is 2.45. The lowest BCUT2D eigenvalue weighted by Gasteiger charge is -2.09. The van der Waals surface area contributed by atoms with Crippen molar-refractivity contribution in [1.82, 2.24) is 0 Å². The van der Waals surface area contributed by atoms with Crippen LogP contribution in [-0.4, -0.2) is 39.8 Å². The van der Waals surface area contributed by atoms with Crippen molar-refractivity contribution in [3.05, 3.63) is 47.6 Å². The monoisotopic (exact) mass is 334 g/mol. The second kappa shape index (κ2) is 9.52. The SMILES string of the molecule is CCOC(=O)Cc1cc(O)cc(O)c1C(=O)/C=C/C=C/C[C@@H](C)O. The Balaban J connectivity index is 2.99. The van der Waals surface area contributed by atoms with Gasteiger partial charge in [-0.2, -0.15) is 0 Å². The molecule has 0 aliphatic rings. The molecular formula is C18H22O6. The summed E-state index contributed by atoms with van der Waals surface area (Å²) in [5.41, 5.74) is 0.134. The maximum atomic E-state index is 12.3. The molecule has 24 heavy (non-hydrogen) atoms. The molecule has 1 aromatic carbocycles. The maximum absolute atomic E-state index is 12.3. The van der Waals surface area contributed by atoms with E-state index in [1.54, 1.807) is 26.0 Å². The Kier molecular flexibility index (Phi) is 7.71. The van der Waals surface area contributed by atoms with Crippen molar-refractivity contribution < 1.29 is 29.6 Å². The summed E-state index contributed by atoms with van der Waals surface area (Å²) in [6.07, 6.45) is 5.77. The summed E-state index contributed by atoms with van der Waals surface area (Å²) in [5, 5.41) is 28.6. The van der Waals surface area contributed by atoms with Crippen LogP contribution < -0.4 is 0 Å². The first kappa shape index (κ1) is 19.4. The Morgan fingerprint density at radius 1 is 1.25 bits per heavy atom. The highest BCUT2D eigenvalue weighted by atomic mass is 16.5. The number of ketones is 1. The van der Waals surface area contributed by atoms with E-state index in [0.29, 0.717) is 6.42 Å². The zero-order valence-electron chi connectivity index (χ0n) is 13.7. The minimum Gasteiger partial charge on any atom is -0.508 e. The van der Waals surface area contributed by atoms with Gasteiger partial charge < -0.3 is 20.1 Å². The van der Waals surface area contributed by atoms with Gasteiger partial charge in [-0.05, 0) is 38.0 Å². The third-order valence-corrected chi connectivity index (χ3v) is 3.04. The highest BCUT2D eigenvalue weighted by Gasteiger charge is 2.18. The van der Waals surface area contributed by atoms with Gasteiger partial charge in [-0.15, -0.1) is 0 Å². The molecule has 130 valence electrons. The summed E-state index contributed by atoms with van der Waals surface area (Å²) in [7, 11) is 0. The van der Waals surface area contributed by atoms with Gasteiger partial charge in [-0.3, -0.25) is 9.59 Å². The Labute approximate surface area is 140 Å². The first-order valence-corrected chi connectivity index (χ1v) is 7.61. The number of carbonyl (C=O) groups is 2. The van der Waals surface area contributed by atoms with Gasteiger partial charge in [-0.25, -0.2) is 0 Å². The molecule has 6 heteroatoms. The van der Waals surface area contributed by atoms with Crippen LogP contribution in [0.25, 0.3) is 0 Å². The molecule has 0 heterocycles. The van der Waals surface area contributed by atoms with E-state index in [-0.39, 0.29) is 29.9 Å². The van der Waals surface area contributed by atoms with E-state index in [9.17, 15) is 19.8 Å². The van der Waals surface area contributed by atoms with Gasteiger partial charge in [0.1, 0.15) is 11.5 Å². The number of hydrogen-bond acceptors (Lipinski definition) is 6. The van der Waals surface area contributed by atoms with Crippen molar-refractivity contribution >= 4 is 11.8 Å². The number of benzene rings is 1. The van der Waals surface area contributed by atoms with E-state index >= 15 is 0 Å². The Morgan fingerprint density at radius 3 is 2.58 bits per heavy atom. The van der Waals surface area contributed by atoms with Gasteiger partial charge in [0, 0.05) is 6.07 Å². The first-order chi connectivity index (χ1) is 11.3. The molecule has 3 N–H and O–H groups in total. The van der Waals surface area contributed by atoms with Crippen LogP contribution in [0.4, 0.5) is 0 Å². The van der Waals surface area contributed by atoms with E-state index in [4.69, 9.17) is 9.84 Å². The average molecular weight is 334 g/mol. The predicted octanol–water partition coefficient (Wildman–Crippen LogP) is 2.27. The molecule has 1 atom stereocenters. The fraction of sp³-hybridized carbons (Fsp3) is 0.333. The summed E-state index contributed by atoms with van der Waals surface area (Å²) in [6, 6.07) is 2.29. The van der Waals surface area contributed by atoms with Crippen LogP contribution in [-0.2, 0) is 16.0 Å². The van der Waals surface area contributed by atoms with Crippen LogP contribution in [0.1, 0.15) is 36.2 Å². The second-order valence-corrected chi connectivity index (χ2v) is 5.22. The highest BCUT2D eigenvalue weighted by Crippen LogP contribution is 2.28. The number of hydrogen-bond donors (Lipinski definition) is 3. The molecule has 0 saturated heterocycles. The molecule has 0 amide bonds. The minimum absolute atomic E-state index is 0.0546. The van der Waals surface area contributed by atoms with Gasteiger partial charge in [0.25, 0.3) is 0 Å². The molecule has 0 aliphatic heterocycles. The molecule has 0 unspecified atom stereocenters. The molecule has 1 aromatic rings. The molecular weight excluding hydrogens is 312 g/mol. The number of rotatable bonds is 8. The van der Waals surface area contributed by atoms with E-state index in [2.05, 4.69) is 0 Å². The van der Waals surface area contributed by atoms with Gasteiger partial charge in [0.05, 0.1) is 24.7 Å². The smallest absolute Gasteiger partial charge is 0.310 e. The molecule has 0 bridgehead atoms. The van der Waals surface area contributed by atoms with Crippen LogP contribution in [0.15, 0.2) is 36.4 Å². The van der Waals surface area contributed by atoms with Gasteiger partial charge in [0.15, 0.2) is 5.78 Å². The number of phenolic OH excluding ortho intramolecular Hbond substituents is 2. The molecule has 6 nitrogen and oxygen atoms in total. The number of aliphatic hydroxyl groups is 1. The van der Waals surface area contributed by atoms with Crippen LogP contribution >= 0.6 is 0 Å². The highest BCUT2D eigenvalue weighted by molar-refractivity contribution is 6.08. The first-order valence-electron chi connectivity index (χ1n) is 7.61. The number of carbonyl (C=O) groups excluding carboxylic acids is 2. The molecule has 0 aliphatic carbocycles. The van der Waals surface area contributed by atoms with Crippen molar-refractivity contribution in [1.29, 1.82) is 0 Å².